The number of carboxylic acid groups (broad SMARTS) is 1. The minimum absolute atomic E-state index is 0. The normalized spacial score (nSPS) is 12.6. The molecule has 0 radical (unpaired) electrons. The topological polar surface area (TPSA) is 101 Å². The van der Waals surface area contributed by atoms with Gasteiger partial charge in [0.1, 0.15) is 4.88 Å². The zero-order valence-electron chi connectivity index (χ0n) is 15.9. The van der Waals surface area contributed by atoms with E-state index in [2.05, 4.69) is 0 Å². The van der Waals surface area contributed by atoms with Crippen LogP contribution in [0.4, 0.5) is 11.4 Å². The fraction of sp³-hybridized carbons (Fsp3) is 0.217. The first-order valence-corrected chi connectivity index (χ1v) is 10.2. The molecular weight excluding hydrogens is 416 g/mol. The van der Waals surface area contributed by atoms with Gasteiger partial charge in [-0.05, 0) is 30.0 Å². The molecule has 7 nitrogen and oxygen atoms in total. The van der Waals surface area contributed by atoms with Gasteiger partial charge >= 0.3 is 5.97 Å². The molecule has 1 fully saturated rings. The molecule has 0 atom stereocenters. The molecule has 0 spiro atoms. The summed E-state index contributed by atoms with van der Waals surface area (Å²) in [5, 5.41) is 20.7. The molecule has 0 bridgehead atoms. The number of hydrogen-bond acceptors (Lipinski definition) is 5. The Morgan fingerprint density at radius 1 is 1.10 bits per heavy atom. The van der Waals surface area contributed by atoms with Crippen LogP contribution >= 0.6 is 11.3 Å². The maximum atomic E-state index is 13.0. The first kappa shape index (κ1) is 22.2. The van der Waals surface area contributed by atoms with Gasteiger partial charge in [-0.15, -0.1) is 11.3 Å². The highest BCUT2D eigenvalue weighted by atomic mass is 32.1. The van der Waals surface area contributed by atoms with Gasteiger partial charge in [-0.2, -0.15) is 0 Å². The summed E-state index contributed by atoms with van der Waals surface area (Å²) in [4.78, 5) is 37.8. The highest BCUT2D eigenvalue weighted by Crippen LogP contribution is 2.40. The lowest BCUT2D eigenvalue weighted by molar-refractivity contribution is -0.384. The van der Waals surface area contributed by atoms with Gasteiger partial charge < -0.3 is 10.0 Å². The van der Waals surface area contributed by atoms with Gasteiger partial charge in [0.25, 0.3) is 5.69 Å². The third kappa shape index (κ3) is 4.80. The Bertz CT molecular complexity index is 1100. The summed E-state index contributed by atoms with van der Waals surface area (Å²) in [5.41, 5.74) is 1.90. The third-order valence-corrected chi connectivity index (χ3v) is 6.10. The van der Waals surface area contributed by atoms with Crippen molar-refractivity contribution >= 4 is 34.6 Å². The minimum atomic E-state index is -1.09. The number of carboxylic acids is 1. The van der Waals surface area contributed by atoms with E-state index in [1.54, 1.807) is 18.2 Å². The van der Waals surface area contributed by atoms with Crippen molar-refractivity contribution in [1.82, 2.24) is 0 Å². The molecule has 1 aromatic heterocycles. The number of anilines is 1. The van der Waals surface area contributed by atoms with Gasteiger partial charge in [0.15, 0.2) is 0 Å². The number of carbonyl (C=O) groups is 2. The van der Waals surface area contributed by atoms with Crippen molar-refractivity contribution in [2.24, 2.45) is 5.92 Å². The highest BCUT2D eigenvalue weighted by molar-refractivity contribution is 7.18. The Balaban J connectivity index is 0.00000272. The van der Waals surface area contributed by atoms with Crippen LogP contribution in [0.3, 0.4) is 0 Å². The molecule has 1 aliphatic rings. The van der Waals surface area contributed by atoms with E-state index in [9.17, 15) is 24.8 Å². The second-order valence-electron chi connectivity index (χ2n) is 7.12. The molecule has 1 N–H and O–H groups in total. The number of benzene rings is 2. The maximum Gasteiger partial charge on any atom is 0.348 e. The highest BCUT2D eigenvalue weighted by Gasteiger charge is 2.36. The Labute approximate surface area is 183 Å². The maximum absolute atomic E-state index is 13.0. The third-order valence-electron chi connectivity index (χ3n) is 4.94. The van der Waals surface area contributed by atoms with Crippen LogP contribution in [-0.4, -0.2) is 21.9 Å². The van der Waals surface area contributed by atoms with E-state index in [0.717, 1.165) is 34.6 Å². The largest absolute Gasteiger partial charge is 0.477 e. The molecule has 31 heavy (non-hydrogen) atoms. The van der Waals surface area contributed by atoms with Crippen molar-refractivity contribution < 1.29 is 19.6 Å². The van der Waals surface area contributed by atoms with Crippen LogP contribution in [0.25, 0.3) is 10.4 Å². The van der Waals surface area contributed by atoms with Gasteiger partial charge in [0.2, 0.25) is 5.91 Å². The number of nitro benzene ring substituents is 1. The van der Waals surface area contributed by atoms with Crippen molar-refractivity contribution in [1.29, 1.82) is 0 Å². The molecule has 1 amide bonds. The predicted octanol–water partition coefficient (Wildman–Crippen LogP) is 5.60. The van der Waals surface area contributed by atoms with Crippen molar-refractivity contribution in [2.75, 3.05) is 4.90 Å². The molecule has 160 valence electrons. The summed E-state index contributed by atoms with van der Waals surface area (Å²) in [6.45, 7) is 0.151. The fourth-order valence-electron chi connectivity index (χ4n) is 3.22. The van der Waals surface area contributed by atoms with Crippen molar-refractivity contribution in [3.05, 3.63) is 81.2 Å². The van der Waals surface area contributed by atoms with E-state index in [1.807, 2.05) is 30.3 Å². The molecule has 1 aliphatic carbocycles. The molecule has 0 aliphatic heterocycles. The number of hydrogen-bond donors (Lipinski definition) is 1. The SMILES string of the molecule is C.O=C(O)c1sc(-c2ccccc2)cc1N(Cc1ccc([N+](=O)[O-])cc1)C(=O)C1CC1. The molecule has 3 aromatic rings. The van der Waals surface area contributed by atoms with Crippen LogP contribution in [0.2, 0.25) is 0 Å². The number of carbonyl (C=O) groups excluding carboxylic acids is 1. The summed E-state index contributed by atoms with van der Waals surface area (Å²) >= 11 is 1.13. The average Bonchev–Trinajstić information content (AvgIpc) is 3.50. The molecule has 0 saturated heterocycles. The number of rotatable bonds is 7. The van der Waals surface area contributed by atoms with Crippen LogP contribution < -0.4 is 4.90 Å². The summed E-state index contributed by atoms with van der Waals surface area (Å²) in [6, 6.07) is 17.1. The van der Waals surface area contributed by atoms with Crippen LogP contribution in [0, 0.1) is 16.0 Å². The lowest BCUT2D eigenvalue weighted by Crippen LogP contribution is -2.32. The molecule has 1 saturated carbocycles. The smallest absolute Gasteiger partial charge is 0.348 e. The van der Waals surface area contributed by atoms with E-state index in [1.165, 1.54) is 17.0 Å². The Hall–Kier alpha value is -3.52. The summed E-state index contributed by atoms with van der Waals surface area (Å²) in [5.74, 6) is -1.31. The van der Waals surface area contributed by atoms with Crippen LogP contribution in [0.5, 0.6) is 0 Å². The van der Waals surface area contributed by atoms with Gasteiger partial charge in [-0.1, -0.05) is 49.9 Å². The predicted molar refractivity (Wildman–Crippen MR) is 120 cm³/mol. The van der Waals surface area contributed by atoms with Gasteiger partial charge in [-0.25, -0.2) is 4.79 Å². The lowest BCUT2D eigenvalue weighted by atomic mass is 10.1. The monoisotopic (exact) mass is 438 g/mol. The molecule has 1 heterocycles. The Morgan fingerprint density at radius 2 is 1.74 bits per heavy atom. The van der Waals surface area contributed by atoms with Crippen molar-refractivity contribution in [3.63, 3.8) is 0 Å². The Kier molecular flexibility index (Phi) is 6.50. The van der Waals surface area contributed by atoms with Gasteiger partial charge in [0, 0.05) is 22.9 Å². The van der Waals surface area contributed by atoms with E-state index >= 15 is 0 Å². The second-order valence-corrected chi connectivity index (χ2v) is 8.17. The second kappa shape index (κ2) is 9.09. The summed E-state index contributed by atoms with van der Waals surface area (Å²) in [7, 11) is 0. The van der Waals surface area contributed by atoms with Crippen LogP contribution in [-0.2, 0) is 11.3 Å². The molecule has 4 rings (SSSR count). The van der Waals surface area contributed by atoms with E-state index in [0.29, 0.717) is 11.3 Å². The molecular formula is C23H22N2O5S. The quantitative estimate of drug-likeness (QED) is 0.382. The number of aromatic carboxylic acids is 1. The summed E-state index contributed by atoms with van der Waals surface area (Å²) in [6.07, 6.45) is 1.57. The minimum Gasteiger partial charge on any atom is -0.477 e. The molecule has 0 unspecified atom stereocenters. The number of nitro groups is 1. The van der Waals surface area contributed by atoms with Gasteiger partial charge in [-0.3, -0.25) is 14.9 Å². The standard InChI is InChI=1S/C22H18N2O5S.CH4/c25-21(16-8-9-16)23(13-14-6-10-17(11-7-14)24(28)29)18-12-19(30-20(18)22(26)27)15-4-2-1-3-5-15;/h1-7,10-12,16H,8-9,13H2,(H,26,27);1H4. The van der Waals surface area contributed by atoms with E-state index in [-0.39, 0.29) is 36.4 Å². The average molecular weight is 439 g/mol. The lowest BCUT2D eigenvalue weighted by Gasteiger charge is -2.22. The van der Waals surface area contributed by atoms with Gasteiger partial charge in [0.05, 0.1) is 17.2 Å². The van der Waals surface area contributed by atoms with Crippen LogP contribution in [0.1, 0.15) is 35.5 Å². The zero-order valence-corrected chi connectivity index (χ0v) is 16.7. The summed E-state index contributed by atoms with van der Waals surface area (Å²) < 4.78 is 0. The number of amides is 1. The molecule has 2 aromatic carbocycles. The molecule has 8 heteroatoms. The fourth-order valence-corrected chi connectivity index (χ4v) is 4.22. The van der Waals surface area contributed by atoms with Crippen LogP contribution in [0.15, 0.2) is 60.7 Å². The van der Waals surface area contributed by atoms with E-state index in [4.69, 9.17) is 0 Å². The van der Waals surface area contributed by atoms with Crippen molar-refractivity contribution in [2.45, 2.75) is 26.8 Å². The number of nitrogens with zero attached hydrogens (tertiary/aromatic N) is 2. The van der Waals surface area contributed by atoms with Crippen molar-refractivity contribution in [3.8, 4) is 10.4 Å². The van der Waals surface area contributed by atoms with E-state index < -0.39 is 10.9 Å². The zero-order chi connectivity index (χ0) is 21.3. The number of non-ortho nitro benzene ring substituents is 1. The number of thiophene rings is 1. The first-order valence-electron chi connectivity index (χ1n) is 9.41. The first-order chi connectivity index (χ1) is 14.4. The Morgan fingerprint density at radius 3 is 2.29 bits per heavy atom.